The molecule has 0 aliphatic carbocycles. The van der Waals surface area contributed by atoms with Gasteiger partial charge in [0.05, 0.1) is 38.1 Å². The predicted molar refractivity (Wildman–Crippen MR) is 106 cm³/mol. The Morgan fingerprint density at radius 3 is 2.64 bits per heavy atom. The fraction of sp³-hybridized carbons (Fsp3) is 0.333. The van der Waals surface area contributed by atoms with Crippen LogP contribution in [-0.2, 0) is 9.59 Å². The molecule has 0 radical (unpaired) electrons. The van der Waals surface area contributed by atoms with Crippen LogP contribution >= 0.6 is 0 Å². The number of methoxy groups -OCH3 is 2. The van der Waals surface area contributed by atoms with Crippen LogP contribution in [0.4, 0.5) is 11.4 Å². The predicted octanol–water partition coefficient (Wildman–Crippen LogP) is 3.09. The molecule has 2 aromatic carbocycles. The normalized spacial score (nSPS) is 16.0. The number of anilines is 2. The zero-order valence-electron chi connectivity index (χ0n) is 16.2. The third kappa shape index (κ3) is 4.03. The summed E-state index contributed by atoms with van der Waals surface area (Å²) in [6.07, 6.45) is 0.137. The maximum atomic E-state index is 12.8. The Kier molecular flexibility index (Phi) is 6.03. The van der Waals surface area contributed by atoms with Crippen molar-refractivity contribution in [3.8, 4) is 17.2 Å². The van der Waals surface area contributed by atoms with Crippen molar-refractivity contribution in [1.82, 2.24) is 0 Å². The van der Waals surface area contributed by atoms with Gasteiger partial charge >= 0.3 is 0 Å². The summed E-state index contributed by atoms with van der Waals surface area (Å²) in [6, 6.07) is 12.5. The number of nitrogens with one attached hydrogen (secondary N) is 1. The SMILES string of the molecule is CCOc1ccccc1N1C[C@@H](C(=O)Nc2cc(OC)ccc2OC)CC1=O. The number of carbonyl (C=O) groups excluding carboxylic acids is 2. The summed E-state index contributed by atoms with van der Waals surface area (Å²) in [7, 11) is 3.08. The minimum absolute atomic E-state index is 0.107. The minimum atomic E-state index is -0.474. The quantitative estimate of drug-likeness (QED) is 0.794. The molecule has 148 valence electrons. The van der Waals surface area contributed by atoms with Crippen LogP contribution in [0.3, 0.4) is 0 Å². The number of benzene rings is 2. The summed E-state index contributed by atoms with van der Waals surface area (Å²) in [6.45, 7) is 2.68. The molecule has 1 heterocycles. The van der Waals surface area contributed by atoms with Gasteiger partial charge in [-0.15, -0.1) is 0 Å². The molecule has 3 rings (SSSR count). The van der Waals surface area contributed by atoms with E-state index in [2.05, 4.69) is 5.32 Å². The second kappa shape index (κ2) is 8.65. The van der Waals surface area contributed by atoms with Crippen LogP contribution in [0.2, 0.25) is 0 Å². The van der Waals surface area contributed by atoms with Gasteiger partial charge in [-0.25, -0.2) is 0 Å². The lowest BCUT2D eigenvalue weighted by Gasteiger charge is -2.20. The summed E-state index contributed by atoms with van der Waals surface area (Å²) >= 11 is 0. The number of para-hydroxylation sites is 2. The van der Waals surface area contributed by atoms with Crippen LogP contribution in [0.15, 0.2) is 42.5 Å². The average molecular weight is 384 g/mol. The van der Waals surface area contributed by atoms with Gasteiger partial charge in [0.25, 0.3) is 0 Å². The largest absolute Gasteiger partial charge is 0.497 e. The summed E-state index contributed by atoms with van der Waals surface area (Å²) in [5.41, 5.74) is 1.19. The Labute approximate surface area is 164 Å². The zero-order chi connectivity index (χ0) is 20.1. The number of rotatable bonds is 7. The van der Waals surface area contributed by atoms with Crippen molar-refractivity contribution in [3.63, 3.8) is 0 Å². The molecule has 1 fully saturated rings. The Morgan fingerprint density at radius 1 is 1.14 bits per heavy atom. The van der Waals surface area contributed by atoms with Crippen LogP contribution in [0.25, 0.3) is 0 Å². The maximum Gasteiger partial charge on any atom is 0.229 e. The molecular formula is C21H24N2O5. The molecule has 2 amide bonds. The van der Waals surface area contributed by atoms with Crippen LogP contribution in [-0.4, -0.2) is 39.2 Å². The number of carbonyl (C=O) groups is 2. The minimum Gasteiger partial charge on any atom is -0.497 e. The van der Waals surface area contributed by atoms with Gasteiger partial charge < -0.3 is 24.4 Å². The van der Waals surface area contributed by atoms with E-state index in [4.69, 9.17) is 14.2 Å². The van der Waals surface area contributed by atoms with Gasteiger partial charge in [-0.2, -0.15) is 0 Å². The highest BCUT2D eigenvalue weighted by molar-refractivity contribution is 6.04. The lowest BCUT2D eigenvalue weighted by Crippen LogP contribution is -2.28. The van der Waals surface area contributed by atoms with Crippen molar-refractivity contribution in [2.75, 3.05) is 37.6 Å². The average Bonchev–Trinajstić information content (AvgIpc) is 3.10. The summed E-state index contributed by atoms with van der Waals surface area (Å²) in [4.78, 5) is 27.0. The van der Waals surface area contributed by atoms with E-state index in [1.807, 2.05) is 31.2 Å². The van der Waals surface area contributed by atoms with Crippen LogP contribution in [0.5, 0.6) is 17.2 Å². The molecule has 1 saturated heterocycles. The van der Waals surface area contributed by atoms with E-state index in [0.717, 1.165) is 0 Å². The molecule has 1 aliphatic rings. The van der Waals surface area contributed by atoms with Gasteiger partial charge in [0.15, 0.2) is 0 Å². The fourth-order valence-electron chi connectivity index (χ4n) is 3.22. The van der Waals surface area contributed by atoms with Gasteiger partial charge in [-0.05, 0) is 31.2 Å². The van der Waals surface area contributed by atoms with E-state index in [9.17, 15) is 9.59 Å². The van der Waals surface area contributed by atoms with E-state index in [1.54, 1.807) is 30.2 Å². The molecule has 2 aromatic rings. The van der Waals surface area contributed by atoms with Crippen LogP contribution in [0, 0.1) is 5.92 Å². The number of ether oxygens (including phenoxy) is 3. The third-order valence-electron chi connectivity index (χ3n) is 4.62. The van der Waals surface area contributed by atoms with Crippen LogP contribution < -0.4 is 24.4 Å². The van der Waals surface area contributed by atoms with Gasteiger partial charge in [0, 0.05) is 19.0 Å². The number of nitrogens with zero attached hydrogens (tertiary/aromatic N) is 1. The number of hydrogen-bond donors (Lipinski definition) is 1. The second-order valence-electron chi connectivity index (χ2n) is 6.36. The molecule has 0 spiro atoms. The first-order valence-electron chi connectivity index (χ1n) is 9.12. The summed E-state index contributed by atoms with van der Waals surface area (Å²) in [5, 5.41) is 2.86. The van der Waals surface area contributed by atoms with Gasteiger partial charge in [0.1, 0.15) is 17.2 Å². The lowest BCUT2D eigenvalue weighted by atomic mass is 10.1. The topological polar surface area (TPSA) is 77.1 Å². The summed E-state index contributed by atoms with van der Waals surface area (Å²) in [5.74, 6) is 0.941. The molecule has 28 heavy (non-hydrogen) atoms. The van der Waals surface area contributed by atoms with Crippen molar-refractivity contribution in [2.45, 2.75) is 13.3 Å². The Balaban J connectivity index is 1.76. The molecule has 0 aromatic heterocycles. The smallest absolute Gasteiger partial charge is 0.229 e. The third-order valence-corrected chi connectivity index (χ3v) is 4.62. The van der Waals surface area contributed by atoms with Gasteiger partial charge in [0.2, 0.25) is 11.8 Å². The van der Waals surface area contributed by atoms with Crippen molar-refractivity contribution in [2.24, 2.45) is 5.92 Å². The van der Waals surface area contributed by atoms with E-state index in [0.29, 0.717) is 41.8 Å². The highest BCUT2D eigenvalue weighted by Gasteiger charge is 2.36. The highest BCUT2D eigenvalue weighted by atomic mass is 16.5. The highest BCUT2D eigenvalue weighted by Crippen LogP contribution is 2.34. The Morgan fingerprint density at radius 2 is 1.93 bits per heavy atom. The van der Waals surface area contributed by atoms with E-state index in [-0.39, 0.29) is 18.2 Å². The molecular weight excluding hydrogens is 360 g/mol. The first-order chi connectivity index (χ1) is 13.6. The molecule has 0 unspecified atom stereocenters. The van der Waals surface area contributed by atoms with E-state index >= 15 is 0 Å². The van der Waals surface area contributed by atoms with Gasteiger partial charge in [-0.1, -0.05) is 12.1 Å². The summed E-state index contributed by atoms with van der Waals surface area (Å²) < 4.78 is 16.1. The molecule has 7 heteroatoms. The Bertz CT molecular complexity index is 868. The molecule has 1 atom stereocenters. The maximum absolute atomic E-state index is 12.8. The molecule has 0 saturated carbocycles. The Hall–Kier alpha value is -3.22. The first-order valence-corrected chi connectivity index (χ1v) is 9.12. The molecule has 1 N–H and O–H groups in total. The second-order valence-corrected chi connectivity index (χ2v) is 6.36. The van der Waals surface area contributed by atoms with Crippen LogP contribution in [0.1, 0.15) is 13.3 Å². The monoisotopic (exact) mass is 384 g/mol. The van der Waals surface area contributed by atoms with Crippen molar-refractivity contribution in [1.29, 1.82) is 0 Å². The molecule has 0 bridgehead atoms. The molecule has 7 nitrogen and oxygen atoms in total. The number of amides is 2. The van der Waals surface area contributed by atoms with E-state index in [1.165, 1.54) is 7.11 Å². The lowest BCUT2D eigenvalue weighted by molar-refractivity contribution is -0.122. The number of hydrogen-bond acceptors (Lipinski definition) is 5. The molecule has 1 aliphatic heterocycles. The fourth-order valence-corrected chi connectivity index (χ4v) is 3.22. The van der Waals surface area contributed by atoms with E-state index < -0.39 is 5.92 Å². The zero-order valence-corrected chi connectivity index (χ0v) is 16.2. The van der Waals surface area contributed by atoms with Crippen molar-refractivity contribution in [3.05, 3.63) is 42.5 Å². The first kappa shape index (κ1) is 19.5. The van der Waals surface area contributed by atoms with Crippen molar-refractivity contribution >= 4 is 23.2 Å². The van der Waals surface area contributed by atoms with Gasteiger partial charge in [-0.3, -0.25) is 9.59 Å². The standard InChI is InChI=1S/C21H24N2O5/c1-4-28-19-8-6-5-7-17(19)23-13-14(11-20(23)24)21(25)22-16-12-15(26-2)9-10-18(16)27-3/h5-10,12,14H,4,11,13H2,1-3H3,(H,22,25)/t14-/m0/s1. The van der Waals surface area contributed by atoms with Crippen molar-refractivity contribution < 1.29 is 23.8 Å².